The first-order valence-electron chi connectivity index (χ1n) is 8.20. The first kappa shape index (κ1) is 15.4. The normalized spacial score (nSPS) is 21.5. The minimum atomic E-state index is 0.126. The number of benzene rings is 1. The lowest BCUT2D eigenvalue weighted by Gasteiger charge is -2.31. The zero-order chi connectivity index (χ0) is 15.8. The molecule has 1 saturated heterocycles. The van der Waals surface area contributed by atoms with E-state index in [-0.39, 0.29) is 17.9 Å². The molecule has 1 saturated carbocycles. The summed E-state index contributed by atoms with van der Waals surface area (Å²) in [6.45, 7) is 1.40. The lowest BCUT2D eigenvalue weighted by atomic mass is 9.84. The molecule has 2 heterocycles. The standard InChI is InChI=1S/C17H19ClN2O2S/c18-13-7-2-8-14-15(13)19-17(23-14)20(10-12-6-3-9-22-12)16(21)11-4-1-5-11/h2,7-8,11-12H,1,3-6,9-10H2. The van der Waals surface area contributed by atoms with Crippen molar-refractivity contribution in [3.8, 4) is 0 Å². The van der Waals surface area contributed by atoms with Gasteiger partial charge in [0.15, 0.2) is 5.13 Å². The lowest BCUT2D eigenvalue weighted by Crippen LogP contribution is -2.43. The first-order chi connectivity index (χ1) is 11.2. The molecule has 0 radical (unpaired) electrons. The molecule has 4 nitrogen and oxygen atoms in total. The maximum absolute atomic E-state index is 12.9. The largest absolute Gasteiger partial charge is 0.376 e. The van der Waals surface area contributed by atoms with E-state index in [9.17, 15) is 4.79 Å². The highest BCUT2D eigenvalue weighted by Gasteiger charge is 2.33. The summed E-state index contributed by atoms with van der Waals surface area (Å²) < 4.78 is 6.76. The van der Waals surface area contributed by atoms with Gasteiger partial charge in [-0.1, -0.05) is 35.4 Å². The van der Waals surface area contributed by atoms with Crippen LogP contribution in [0.4, 0.5) is 5.13 Å². The van der Waals surface area contributed by atoms with Crippen LogP contribution in [0.25, 0.3) is 10.2 Å². The molecule has 122 valence electrons. The van der Waals surface area contributed by atoms with Crippen LogP contribution in [0.3, 0.4) is 0 Å². The molecule has 1 aliphatic carbocycles. The molecule has 1 aliphatic heterocycles. The second-order valence-electron chi connectivity index (χ2n) is 6.29. The number of aromatic nitrogens is 1. The van der Waals surface area contributed by atoms with E-state index < -0.39 is 0 Å². The summed E-state index contributed by atoms with van der Waals surface area (Å²) in [6, 6.07) is 5.76. The number of hydrogen-bond donors (Lipinski definition) is 0. The Bertz CT molecular complexity index is 722. The highest BCUT2D eigenvalue weighted by Crippen LogP contribution is 2.36. The summed E-state index contributed by atoms with van der Waals surface area (Å²) in [5, 5.41) is 1.39. The van der Waals surface area contributed by atoms with E-state index in [4.69, 9.17) is 16.3 Å². The van der Waals surface area contributed by atoms with Gasteiger partial charge in [0.1, 0.15) is 5.52 Å². The monoisotopic (exact) mass is 350 g/mol. The molecule has 0 N–H and O–H groups in total. The molecule has 1 aromatic carbocycles. The molecule has 1 amide bonds. The van der Waals surface area contributed by atoms with E-state index in [1.807, 2.05) is 23.1 Å². The van der Waals surface area contributed by atoms with E-state index in [1.165, 1.54) is 11.3 Å². The fraction of sp³-hybridized carbons (Fsp3) is 0.529. The molecule has 2 aromatic rings. The minimum absolute atomic E-state index is 0.126. The van der Waals surface area contributed by atoms with Crippen molar-refractivity contribution in [2.45, 2.75) is 38.2 Å². The molecule has 1 aromatic heterocycles. The highest BCUT2D eigenvalue weighted by molar-refractivity contribution is 7.22. The number of carbonyl (C=O) groups is 1. The first-order valence-corrected chi connectivity index (χ1v) is 9.40. The fourth-order valence-corrected chi connectivity index (χ4v) is 4.43. The lowest BCUT2D eigenvalue weighted by molar-refractivity contribution is -0.125. The Labute approximate surface area is 144 Å². The molecule has 2 fully saturated rings. The van der Waals surface area contributed by atoms with Crippen LogP contribution in [0.15, 0.2) is 18.2 Å². The van der Waals surface area contributed by atoms with Crippen LogP contribution in [-0.2, 0) is 9.53 Å². The molecule has 0 bridgehead atoms. The number of thiazole rings is 1. The van der Waals surface area contributed by atoms with Crippen LogP contribution < -0.4 is 4.90 Å². The molecule has 4 rings (SSSR count). The van der Waals surface area contributed by atoms with Crippen molar-refractivity contribution < 1.29 is 9.53 Å². The van der Waals surface area contributed by atoms with Crippen molar-refractivity contribution in [2.24, 2.45) is 5.92 Å². The summed E-state index contributed by atoms with van der Waals surface area (Å²) in [7, 11) is 0. The molecule has 1 atom stereocenters. The number of anilines is 1. The maximum atomic E-state index is 12.9. The van der Waals surface area contributed by atoms with Crippen LogP contribution in [0.2, 0.25) is 5.02 Å². The SMILES string of the molecule is O=C(C1CCC1)N(CC1CCCO1)c1nc2c(Cl)cccc2s1. The average Bonchev–Trinajstić information content (AvgIpc) is 3.12. The Morgan fingerprint density at radius 1 is 1.35 bits per heavy atom. The van der Waals surface area contributed by atoms with Gasteiger partial charge in [0.25, 0.3) is 0 Å². The van der Waals surface area contributed by atoms with Gasteiger partial charge in [0.05, 0.1) is 22.4 Å². The van der Waals surface area contributed by atoms with Gasteiger partial charge in [0, 0.05) is 12.5 Å². The Morgan fingerprint density at radius 3 is 2.87 bits per heavy atom. The number of amides is 1. The number of carbonyl (C=O) groups excluding carboxylic acids is 1. The Kier molecular flexibility index (Phi) is 4.26. The zero-order valence-electron chi connectivity index (χ0n) is 12.8. The fourth-order valence-electron chi connectivity index (χ4n) is 3.15. The van der Waals surface area contributed by atoms with Crippen molar-refractivity contribution in [3.63, 3.8) is 0 Å². The topological polar surface area (TPSA) is 42.4 Å². The number of para-hydroxylation sites is 1. The third kappa shape index (κ3) is 2.97. The van der Waals surface area contributed by atoms with Crippen LogP contribution in [0, 0.1) is 5.92 Å². The Morgan fingerprint density at radius 2 is 2.22 bits per heavy atom. The summed E-state index contributed by atoms with van der Waals surface area (Å²) in [5.74, 6) is 0.348. The number of fused-ring (bicyclic) bond motifs is 1. The van der Waals surface area contributed by atoms with Gasteiger partial charge in [-0.05, 0) is 37.8 Å². The van der Waals surface area contributed by atoms with E-state index >= 15 is 0 Å². The van der Waals surface area contributed by atoms with Crippen LogP contribution >= 0.6 is 22.9 Å². The quantitative estimate of drug-likeness (QED) is 0.827. The number of halogens is 1. The van der Waals surface area contributed by atoms with Crippen LogP contribution in [0.1, 0.15) is 32.1 Å². The van der Waals surface area contributed by atoms with Crippen molar-refractivity contribution in [2.75, 3.05) is 18.1 Å². The van der Waals surface area contributed by atoms with E-state index in [0.29, 0.717) is 11.6 Å². The van der Waals surface area contributed by atoms with Gasteiger partial charge in [-0.3, -0.25) is 9.69 Å². The van der Waals surface area contributed by atoms with Gasteiger partial charge >= 0.3 is 0 Å². The molecule has 6 heteroatoms. The van der Waals surface area contributed by atoms with Crippen LogP contribution in [-0.4, -0.2) is 30.1 Å². The predicted octanol–water partition coefficient (Wildman–Crippen LogP) is 4.26. The molecule has 23 heavy (non-hydrogen) atoms. The zero-order valence-corrected chi connectivity index (χ0v) is 14.4. The summed E-state index contributed by atoms with van der Waals surface area (Å²) in [4.78, 5) is 19.4. The average molecular weight is 351 g/mol. The smallest absolute Gasteiger partial charge is 0.231 e. The molecular weight excluding hydrogens is 332 g/mol. The predicted molar refractivity (Wildman–Crippen MR) is 93.3 cm³/mol. The van der Waals surface area contributed by atoms with Crippen LogP contribution in [0.5, 0.6) is 0 Å². The van der Waals surface area contributed by atoms with Crippen molar-refractivity contribution in [3.05, 3.63) is 23.2 Å². The second-order valence-corrected chi connectivity index (χ2v) is 7.71. The minimum Gasteiger partial charge on any atom is -0.376 e. The summed E-state index contributed by atoms with van der Waals surface area (Å²) in [6.07, 6.45) is 5.35. The number of hydrogen-bond acceptors (Lipinski definition) is 4. The highest BCUT2D eigenvalue weighted by atomic mass is 35.5. The van der Waals surface area contributed by atoms with Gasteiger partial charge in [-0.15, -0.1) is 0 Å². The molecular formula is C17H19ClN2O2S. The van der Waals surface area contributed by atoms with Gasteiger partial charge < -0.3 is 4.74 Å². The van der Waals surface area contributed by atoms with E-state index in [1.54, 1.807) is 0 Å². The van der Waals surface area contributed by atoms with Gasteiger partial charge in [-0.2, -0.15) is 0 Å². The summed E-state index contributed by atoms with van der Waals surface area (Å²) >= 11 is 7.78. The maximum Gasteiger partial charge on any atom is 0.231 e. The third-order valence-corrected chi connectivity index (χ3v) is 6.07. The van der Waals surface area contributed by atoms with Crippen molar-refractivity contribution >= 4 is 44.2 Å². The van der Waals surface area contributed by atoms with Gasteiger partial charge in [0.2, 0.25) is 5.91 Å². The van der Waals surface area contributed by atoms with E-state index in [2.05, 4.69) is 4.98 Å². The Hall–Kier alpha value is -1.17. The molecule has 1 unspecified atom stereocenters. The second kappa shape index (κ2) is 6.38. The number of nitrogens with zero attached hydrogens (tertiary/aromatic N) is 2. The molecule has 2 aliphatic rings. The van der Waals surface area contributed by atoms with Crippen molar-refractivity contribution in [1.82, 2.24) is 4.98 Å². The number of ether oxygens (including phenoxy) is 1. The van der Waals surface area contributed by atoms with Gasteiger partial charge in [-0.25, -0.2) is 4.98 Å². The third-order valence-electron chi connectivity index (χ3n) is 4.72. The van der Waals surface area contributed by atoms with E-state index in [0.717, 1.165) is 54.1 Å². The van der Waals surface area contributed by atoms with Crippen molar-refractivity contribution in [1.29, 1.82) is 0 Å². The summed E-state index contributed by atoms with van der Waals surface area (Å²) in [5.41, 5.74) is 0.785. The number of rotatable bonds is 4. The Balaban J connectivity index is 1.66. The molecule has 0 spiro atoms.